The number of carbonyl (C=O) groups is 1. The average Bonchev–Trinajstić information content (AvgIpc) is 3.10. The van der Waals surface area contributed by atoms with Crippen LogP contribution in [0.4, 0.5) is 5.13 Å². The molecule has 0 saturated carbocycles. The Morgan fingerprint density at radius 2 is 1.76 bits per heavy atom. The van der Waals surface area contributed by atoms with Crippen molar-refractivity contribution in [2.45, 2.75) is 38.5 Å². The molecule has 0 spiro atoms. The highest BCUT2D eigenvalue weighted by atomic mass is 32.2. The predicted molar refractivity (Wildman–Crippen MR) is 118 cm³/mol. The molecule has 0 atom stereocenters. The Bertz CT molecular complexity index is 1120. The number of hydrogen-bond acceptors (Lipinski definition) is 5. The summed E-state index contributed by atoms with van der Waals surface area (Å²) in [4.78, 5) is 17.2. The van der Waals surface area contributed by atoms with Crippen molar-refractivity contribution < 1.29 is 13.2 Å². The van der Waals surface area contributed by atoms with Gasteiger partial charge in [-0.25, -0.2) is 13.4 Å². The summed E-state index contributed by atoms with van der Waals surface area (Å²) in [6, 6.07) is 12.1. The van der Waals surface area contributed by atoms with Crippen molar-refractivity contribution in [1.29, 1.82) is 0 Å². The van der Waals surface area contributed by atoms with Gasteiger partial charge in [0, 0.05) is 18.7 Å². The molecule has 0 unspecified atom stereocenters. The number of nitrogens with zero attached hydrogens (tertiary/aromatic N) is 2. The number of hydrogen-bond donors (Lipinski definition) is 1. The lowest BCUT2D eigenvalue weighted by Crippen LogP contribution is -2.30. The zero-order valence-electron chi connectivity index (χ0n) is 17.0. The molecule has 1 N–H and O–H groups in total. The van der Waals surface area contributed by atoms with E-state index >= 15 is 0 Å². The minimum Gasteiger partial charge on any atom is -0.298 e. The molecule has 0 aliphatic heterocycles. The van der Waals surface area contributed by atoms with E-state index in [9.17, 15) is 13.2 Å². The number of thiazole rings is 1. The summed E-state index contributed by atoms with van der Waals surface area (Å²) in [6.07, 6.45) is 0. The van der Waals surface area contributed by atoms with Gasteiger partial charge < -0.3 is 0 Å². The lowest BCUT2D eigenvalue weighted by atomic mass is 10.0. The zero-order chi connectivity index (χ0) is 21.2. The number of sulfonamides is 1. The molecule has 0 radical (unpaired) electrons. The van der Waals surface area contributed by atoms with Gasteiger partial charge in [0.1, 0.15) is 0 Å². The van der Waals surface area contributed by atoms with E-state index in [1.807, 2.05) is 12.1 Å². The Morgan fingerprint density at radius 1 is 1.10 bits per heavy atom. The minimum atomic E-state index is -3.54. The van der Waals surface area contributed by atoms with Gasteiger partial charge in [0.15, 0.2) is 5.13 Å². The molecule has 3 rings (SSSR count). The third-order valence-electron chi connectivity index (χ3n) is 4.76. The van der Waals surface area contributed by atoms with Gasteiger partial charge in [0.25, 0.3) is 5.91 Å². The summed E-state index contributed by atoms with van der Waals surface area (Å²) < 4.78 is 27.5. The fourth-order valence-electron chi connectivity index (χ4n) is 3.01. The number of aromatic nitrogens is 1. The van der Waals surface area contributed by atoms with Gasteiger partial charge in [0.2, 0.25) is 10.0 Å². The van der Waals surface area contributed by atoms with Gasteiger partial charge in [-0.1, -0.05) is 45.1 Å². The third kappa shape index (κ3) is 4.49. The van der Waals surface area contributed by atoms with E-state index in [1.165, 1.54) is 45.5 Å². The number of amides is 1. The lowest BCUT2D eigenvalue weighted by Gasteiger charge is -2.18. The standard InChI is InChI=1S/C21H25N3O3S2/c1-5-24(6-2)29(26,27)17-10-7-15(8-11-17)20(25)23-21-22-18-12-9-16(14(3)4)13-19(18)28-21/h7-14H,5-6H2,1-4H3,(H,22,23,25). The Hall–Kier alpha value is -2.29. The number of anilines is 1. The lowest BCUT2D eigenvalue weighted by molar-refractivity contribution is 0.102. The molecule has 1 heterocycles. The van der Waals surface area contributed by atoms with Crippen LogP contribution in [0.15, 0.2) is 47.4 Å². The van der Waals surface area contributed by atoms with E-state index in [1.54, 1.807) is 13.8 Å². The first-order valence-electron chi connectivity index (χ1n) is 9.58. The maximum absolute atomic E-state index is 12.6. The van der Waals surface area contributed by atoms with Gasteiger partial charge in [-0.05, 0) is 47.9 Å². The minimum absolute atomic E-state index is 0.180. The fraction of sp³-hybridized carbons (Fsp3) is 0.333. The first kappa shape index (κ1) is 21.4. The molecular weight excluding hydrogens is 406 g/mol. The molecule has 0 aliphatic rings. The van der Waals surface area contributed by atoms with Gasteiger partial charge in [-0.15, -0.1) is 0 Å². The summed E-state index contributed by atoms with van der Waals surface area (Å²) in [5.74, 6) is 0.102. The summed E-state index contributed by atoms with van der Waals surface area (Å²) in [7, 11) is -3.54. The second-order valence-electron chi connectivity index (χ2n) is 6.97. The van der Waals surface area contributed by atoms with E-state index in [0.717, 1.165) is 10.2 Å². The Kier molecular flexibility index (Phi) is 6.36. The normalized spacial score (nSPS) is 12.1. The highest BCUT2D eigenvalue weighted by Crippen LogP contribution is 2.29. The van der Waals surface area contributed by atoms with Crippen molar-refractivity contribution >= 4 is 42.6 Å². The molecule has 1 aromatic heterocycles. The molecule has 0 bridgehead atoms. The van der Waals surface area contributed by atoms with E-state index in [4.69, 9.17) is 0 Å². The van der Waals surface area contributed by atoms with Gasteiger partial charge >= 0.3 is 0 Å². The van der Waals surface area contributed by atoms with Crippen molar-refractivity contribution in [3.05, 3.63) is 53.6 Å². The highest BCUT2D eigenvalue weighted by Gasteiger charge is 2.21. The van der Waals surface area contributed by atoms with Gasteiger partial charge in [0.05, 0.1) is 15.1 Å². The van der Waals surface area contributed by atoms with Crippen LogP contribution >= 0.6 is 11.3 Å². The quantitative estimate of drug-likeness (QED) is 0.588. The number of benzene rings is 2. The molecule has 3 aromatic rings. The maximum Gasteiger partial charge on any atom is 0.257 e. The smallest absolute Gasteiger partial charge is 0.257 e. The first-order valence-corrected chi connectivity index (χ1v) is 11.8. The molecule has 154 valence electrons. The Labute approximate surface area is 175 Å². The second-order valence-corrected chi connectivity index (χ2v) is 9.94. The second kappa shape index (κ2) is 8.61. The first-order chi connectivity index (χ1) is 13.8. The van der Waals surface area contributed by atoms with Crippen LogP contribution in [-0.4, -0.2) is 36.7 Å². The zero-order valence-corrected chi connectivity index (χ0v) is 18.6. The van der Waals surface area contributed by atoms with Gasteiger partial charge in [-0.2, -0.15) is 4.31 Å². The molecular formula is C21H25N3O3S2. The van der Waals surface area contributed by atoms with Crippen LogP contribution in [0.3, 0.4) is 0 Å². The molecule has 29 heavy (non-hydrogen) atoms. The van der Waals surface area contributed by atoms with Crippen LogP contribution in [0.2, 0.25) is 0 Å². The van der Waals surface area contributed by atoms with E-state index in [-0.39, 0.29) is 10.8 Å². The van der Waals surface area contributed by atoms with E-state index in [2.05, 4.69) is 30.2 Å². The van der Waals surface area contributed by atoms with Crippen LogP contribution in [-0.2, 0) is 10.0 Å². The van der Waals surface area contributed by atoms with E-state index in [0.29, 0.717) is 29.7 Å². The summed E-state index contributed by atoms with van der Waals surface area (Å²) in [5, 5.41) is 3.33. The largest absolute Gasteiger partial charge is 0.298 e. The summed E-state index contributed by atoms with van der Waals surface area (Å²) >= 11 is 1.42. The molecule has 6 nitrogen and oxygen atoms in total. The highest BCUT2D eigenvalue weighted by molar-refractivity contribution is 7.89. The number of rotatable bonds is 7. The molecule has 8 heteroatoms. The molecule has 2 aromatic carbocycles. The summed E-state index contributed by atoms with van der Waals surface area (Å²) in [5.41, 5.74) is 2.45. The molecule has 0 saturated heterocycles. The van der Waals surface area contributed by atoms with Crippen LogP contribution in [0.25, 0.3) is 10.2 Å². The third-order valence-corrected chi connectivity index (χ3v) is 7.76. The maximum atomic E-state index is 12.6. The van der Waals surface area contributed by atoms with Crippen molar-refractivity contribution in [3.63, 3.8) is 0 Å². The van der Waals surface area contributed by atoms with Crippen molar-refractivity contribution in [2.75, 3.05) is 18.4 Å². The number of carbonyl (C=O) groups excluding carboxylic acids is 1. The van der Waals surface area contributed by atoms with Crippen LogP contribution in [0.1, 0.15) is 49.5 Å². The van der Waals surface area contributed by atoms with Crippen molar-refractivity contribution in [2.24, 2.45) is 0 Å². The number of fused-ring (bicyclic) bond motifs is 1. The fourth-order valence-corrected chi connectivity index (χ4v) is 5.38. The number of nitrogens with one attached hydrogen (secondary N) is 1. The van der Waals surface area contributed by atoms with Gasteiger partial charge in [-0.3, -0.25) is 10.1 Å². The van der Waals surface area contributed by atoms with Crippen LogP contribution < -0.4 is 5.32 Å². The van der Waals surface area contributed by atoms with Crippen molar-refractivity contribution in [3.8, 4) is 0 Å². The molecule has 1 amide bonds. The molecule has 0 aliphatic carbocycles. The van der Waals surface area contributed by atoms with Crippen LogP contribution in [0, 0.1) is 0 Å². The SMILES string of the molecule is CCN(CC)S(=O)(=O)c1ccc(C(=O)Nc2nc3ccc(C(C)C)cc3s2)cc1. The Balaban J connectivity index is 1.78. The van der Waals surface area contributed by atoms with E-state index < -0.39 is 10.0 Å². The summed E-state index contributed by atoms with van der Waals surface area (Å²) in [6.45, 7) is 8.66. The topological polar surface area (TPSA) is 79.4 Å². The monoisotopic (exact) mass is 431 g/mol. The average molecular weight is 432 g/mol. The van der Waals surface area contributed by atoms with Crippen LogP contribution in [0.5, 0.6) is 0 Å². The van der Waals surface area contributed by atoms with Crippen molar-refractivity contribution in [1.82, 2.24) is 9.29 Å². The molecule has 0 fully saturated rings. The predicted octanol–water partition coefficient (Wildman–Crippen LogP) is 4.70. The Morgan fingerprint density at radius 3 is 2.34 bits per heavy atom.